The zero-order chi connectivity index (χ0) is 9.35. The predicted octanol–water partition coefficient (Wildman–Crippen LogP) is -6.31. The van der Waals surface area contributed by atoms with Crippen LogP contribution < -0.4 is 123 Å². The van der Waals surface area contributed by atoms with Crippen LogP contribution in [0.4, 0.5) is 0 Å². The molecule has 0 N–H and O–H groups in total. The Morgan fingerprint density at radius 3 is 1.79 bits per heavy atom. The van der Waals surface area contributed by atoms with Crippen LogP contribution in [-0.4, -0.2) is 0 Å². The van der Waals surface area contributed by atoms with Crippen LogP contribution in [0.1, 0.15) is 0 Å². The minimum absolute atomic E-state index is 0. The first-order valence-corrected chi connectivity index (χ1v) is 6.02. The summed E-state index contributed by atoms with van der Waals surface area (Å²) in [5, 5.41) is -0.211. The third-order valence-corrected chi connectivity index (χ3v) is 4.01. The van der Waals surface area contributed by atoms with Crippen molar-refractivity contribution >= 4 is 45.1 Å². The van der Waals surface area contributed by atoms with Crippen LogP contribution in [0.3, 0.4) is 0 Å². The maximum Gasteiger partial charge on any atom is 1.00 e. The molecule has 0 amide bonds. The molecular weight excluding hydrogens is 389 g/mol. The third kappa shape index (κ3) is 6.63. The van der Waals surface area contributed by atoms with E-state index >= 15 is 0 Å². The molecule has 66 valence electrons. The summed E-state index contributed by atoms with van der Waals surface area (Å²) in [5.74, 6) is 0. The van der Waals surface area contributed by atoms with E-state index in [1.54, 1.807) is 0 Å². The van der Waals surface area contributed by atoms with Crippen molar-refractivity contribution in [2.75, 3.05) is 0 Å². The van der Waals surface area contributed by atoms with Crippen molar-refractivity contribution in [3.05, 3.63) is 27.1 Å². The summed E-state index contributed by atoms with van der Waals surface area (Å²) in [7, 11) is -4.62. The third-order valence-electron chi connectivity index (χ3n) is 1.22. The van der Waals surface area contributed by atoms with Gasteiger partial charge in [0.2, 0.25) is 0 Å². The van der Waals surface area contributed by atoms with Crippen molar-refractivity contribution in [3.63, 3.8) is 0 Å². The smallest absolute Gasteiger partial charge is 0.683 e. The van der Waals surface area contributed by atoms with Gasteiger partial charge in [0.1, 0.15) is 0 Å². The SMILES string of the molecule is [K+].[K+].[O-][P+]([O-])([O-])c1ccc(Br)c(Br)c1. The van der Waals surface area contributed by atoms with E-state index in [0.29, 0.717) is 8.95 Å². The fraction of sp³-hybridized carbons (Fsp3) is 0. The molecule has 1 aromatic rings. The first-order chi connectivity index (χ1) is 5.41. The zero-order valence-electron chi connectivity index (χ0n) is 7.66. The van der Waals surface area contributed by atoms with Gasteiger partial charge in [-0.05, 0) is 50.1 Å². The van der Waals surface area contributed by atoms with Crippen LogP contribution in [0, 0.1) is 0 Å². The van der Waals surface area contributed by atoms with Crippen LogP contribution in [0.25, 0.3) is 0 Å². The van der Waals surface area contributed by atoms with Crippen molar-refractivity contribution in [1.82, 2.24) is 0 Å². The average molecular weight is 392 g/mol. The molecule has 0 aliphatic carbocycles. The molecule has 0 saturated carbocycles. The predicted molar refractivity (Wildman–Crippen MR) is 48.4 cm³/mol. The Hall–Kier alpha value is 3.76. The number of hydrogen-bond donors (Lipinski definition) is 0. The van der Waals surface area contributed by atoms with E-state index in [0.717, 1.165) is 0 Å². The molecule has 0 spiro atoms. The normalized spacial score (nSPS) is 10.1. The van der Waals surface area contributed by atoms with Crippen LogP contribution in [0.2, 0.25) is 0 Å². The van der Waals surface area contributed by atoms with Gasteiger partial charge >= 0.3 is 103 Å². The minimum atomic E-state index is -4.62. The van der Waals surface area contributed by atoms with E-state index < -0.39 is 7.94 Å². The molecule has 0 unspecified atom stereocenters. The average Bonchev–Trinajstić information content (AvgIpc) is 1.92. The Morgan fingerprint density at radius 2 is 1.43 bits per heavy atom. The second-order valence-corrected chi connectivity index (χ2v) is 5.32. The van der Waals surface area contributed by atoms with Gasteiger partial charge in [0, 0.05) is 8.95 Å². The van der Waals surface area contributed by atoms with Gasteiger partial charge in [-0.15, -0.1) is 7.94 Å². The Bertz CT molecular complexity index is 306. The van der Waals surface area contributed by atoms with Gasteiger partial charge in [-0.1, -0.05) is 0 Å². The van der Waals surface area contributed by atoms with Gasteiger partial charge in [0.25, 0.3) is 0 Å². The monoisotopic (exact) mass is 390 g/mol. The largest absolute Gasteiger partial charge is 1.00 e. The first-order valence-electron chi connectivity index (χ1n) is 2.89. The molecule has 0 fully saturated rings. The van der Waals surface area contributed by atoms with Crippen molar-refractivity contribution in [3.8, 4) is 0 Å². The molecule has 8 heteroatoms. The van der Waals surface area contributed by atoms with Gasteiger partial charge in [0.15, 0.2) is 0 Å². The van der Waals surface area contributed by atoms with Crippen LogP contribution in [-0.2, 0) is 0 Å². The fourth-order valence-corrected chi connectivity index (χ4v) is 2.00. The standard InChI is InChI=1S/C6H5Br2O3P.2K/c7-5-2-1-4(3-6(5)8)12(9,10)11;;/h1-3H,(H2,9,10,11);;/q;2*+1/p-2. The first kappa shape index (κ1) is 20.1. The van der Waals surface area contributed by atoms with E-state index in [4.69, 9.17) is 0 Å². The molecule has 0 atom stereocenters. The van der Waals surface area contributed by atoms with Crippen LogP contribution >= 0.6 is 39.8 Å². The molecule has 14 heavy (non-hydrogen) atoms. The number of hydrogen-bond acceptors (Lipinski definition) is 3. The minimum Gasteiger partial charge on any atom is -0.683 e. The molecule has 0 bridgehead atoms. The summed E-state index contributed by atoms with van der Waals surface area (Å²) < 4.78 is 1.26. The topological polar surface area (TPSA) is 69.2 Å². The quantitative estimate of drug-likeness (QED) is 0.353. The van der Waals surface area contributed by atoms with Gasteiger partial charge < -0.3 is 14.7 Å². The van der Waals surface area contributed by atoms with E-state index in [9.17, 15) is 14.7 Å². The molecule has 0 heterocycles. The molecular formula is C6H3Br2K2O3P. The molecule has 1 aromatic carbocycles. The van der Waals surface area contributed by atoms with E-state index in [1.165, 1.54) is 18.2 Å². The summed E-state index contributed by atoms with van der Waals surface area (Å²) in [6.45, 7) is 0. The van der Waals surface area contributed by atoms with Crippen molar-refractivity contribution < 1.29 is 117 Å². The summed E-state index contributed by atoms with van der Waals surface area (Å²) >= 11 is 6.25. The van der Waals surface area contributed by atoms with Gasteiger partial charge in [-0.25, -0.2) is 0 Å². The summed E-state index contributed by atoms with van der Waals surface area (Å²) in [6, 6.07) is 4.03. The fourth-order valence-electron chi connectivity index (χ4n) is 0.655. The van der Waals surface area contributed by atoms with Crippen LogP contribution in [0.15, 0.2) is 27.1 Å². The van der Waals surface area contributed by atoms with Crippen LogP contribution in [0.5, 0.6) is 0 Å². The maximum atomic E-state index is 10.5. The maximum absolute atomic E-state index is 10.5. The molecule has 0 saturated heterocycles. The Labute approximate surface area is 185 Å². The number of rotatable bonds is 1. The number of halogens is 2. The van der Waals surface area contributed by atoms with Crippen molar-refractivity contribution in [2.24, 2.45) is 0 Å². The van der Waals surface area contributed by atoms with Gasteiger partial charge in [-0.2, -0.15) is 0 Å². The molecule has 0 aromatic heterocycles. The van der Waals surface area contributed by atoms with Crippen molar-refractivity contribution in [2.45, 2.75) is 0 Å². The Balaban J connectivity index is 0. The second kappa shape index (κ2) is 8.79. The van der Waals surface area contributed by atoms with E-state index in [-0.39, 0.29) is 108 Å². The second-order valence-electron chi connectivity index (χ2n) is 2.10. The Kier molecular flexibility index (Phi) is 12.6. The summed E-state index contributed by atoms with van der Waals surface area (Å²) in [4.78, 5) is 31.6. The zero-order valence-corrected chi connectivity index (χ0v) is 18.0. The molecule has 3 nitrogen and oxygen atoms in total. The molecule has 1 rings (SSSR count). The molecule has 0 aliphatic heterocycles. The van der Waals surface area contributed by atoms with Gasteiger partial charge in [-0.3, -0.25) is 0 Å². The van der Waals surface area contributed by atoms with E-state index in [1.807, 2.05) is 0 Å². The van der Waals surface area contributed by atoms with Gasteiger partial charge in [0.05, 0.1) is 5.30 Å². The summed E-state index contributed by atoms with van der Waals surface area (Å²) in [5.41, 5.74) is 0. The van der Waals surface area contributed by atoms with Crippen molar-refractivity contribution in [1.29, 1.82) is 0 Å². The number of benzene rings is 1. The summed E-state index contributed by atoms with van der Waals surface area (Å²) in [6.07, 6.45) is 0. The molecule has 0 radical (unpaired) electrons. The Morgan fingerprint density at radius 1 is 0.929 bits per heavy atom. The molecule has 0 aliphatic rings. The van der Waals surface area contributed by atoms with E-state index in [2.05, 4.69) is 31.9 Å².